The first-order chi connectivity index (χ1) is 14.8. The molecule has 172 valence electrons. The summed E-state index contributed by atoms with van der Waals surface area (Å²) in [5.41, 5.74) is 1.79. The number of allylic oxidation sites excluding steroid dienone is 1. The molecule has 1 aromatic heterocycles. The van der Waals surface area contributed by atoms with Gasteiger partial charge in [0.05, 0.1) is 11.8 Å². The molecule has 1 heterocycles. The average molecular weight is 445 g/mol. The van der Waals surface area contributed by atoms with Crippen LogP contribution in [0.1, 0.15) is 90.7 Å². The molecule has 0 radical (unpaired) electrons. The third kappa shape index (κ3) is 3.25. The third-order valence-electron chi connectivity index (χ3n) is 9.98. The molecule has 0 amide bonds. The van der Waals surface area contributed by atoms with Gasteiger partial charge in [-0.25, -0.2) is 4.98 Å². The zero-order valence-electron chi connectivity index (χ0n) is 19.5. The van der Waals surface area contributed by atoms with E-state index in [4.69, 9.17) is 4.98 Å². The largest absolute Gasteiger partial charge is 0.389 e. The minimum absolute atomic E-state index is 0.0886. The molecule has 7 atom stereocenters. The van der Waals surface area contributed by atoms with Gasteiger partial charge in [0.25, 0.3) is 0 Å². The molecule has 5 rings (SSSR count). The van der Waals surface area contributed by atoms with E-state index in [1.807, 2.05) is 0 Å². The van der Waals surface area contributed by atoms with E-state index in [1.54, 1.807) is 11.3 Å². The van der Waals surface area contributed by atoms with Crippen LogP contribution in [0.5, 0.6) is 0 Å². The van der Waals surface area contributed by atoms with Crippen LogP contribution in [0.2, 0.25) is 0 Å². The minimum atomic E-state index is -0.802. The highest BCUT2D eigenvalue weighted by molar-refractivity contribution is 7.13. The summed E-state index contributed by atoms with van der Waals surface area (Å²) in [6.45, 7) is 7.99. The fourth-order valence-electron chi connectivity index (χ4n) is 8.06. The van der Waals surface area contributed by atoms with E-state index < -0.39 is 5.60 Å². The molecule has 3 fully saturated rings. The normalized spacial score (nSPS) is 44.2. The van der Waals surface area contributed by atoms with Gasteiger partial charge in [0, 0.05) is 17.3 Å². The summed E-state index contributed by atoms with van der Waals surface area (Å²) < 4.78 is 0. The van der Waals surface area contributed by atoms with Gasteiger partial charge in [-0.05, 0) is 81.0 Å². The lowest BCUT2D eigenvalue weighted by atomic mass is 9.46. The molecule has 3 N–H and O–H groups in total. The van der Waals surface area contributed by atoms with Crippen LogP contribution in [0, 0.1) is 28.6 Å². The monoisotopic (exact) mass is 444 g/mol. The SMILES string of the molecule is CCCCNc1nc([C@@]2(O)CC[C@H]3[C@@H]4CCC5=C[C@@H](O)CC[C@]5(C)[C@H]4CC[C@@]32C)cs1. The Morgan fingerprint density at radius 3 is 2.74 bits per heavy atom. The van der Waals surface area contributed by atoms with Crippen molar-refractivity contribution in [3.8, 4) is 0 Å². The van der Waals surface area contributed by atoms with Gasteiger partial charge in [-0.3, -0.25) is 0 Å². The Balaban J connectivity index is 1.40. The molecule has 0 aliphatic heterocycles. The second kappa shape index (κ2) is 7.85. The molecule has 31 heavy (non-hydrogen) atoms. The van der Waals surface area contributed by atoms with Crippen molar-refractivity contribution in [2.24, 2.45) is 28.6 Å². The third-order valence-corrected chi connectivity index (χ3v) is 10.8. The van der Waals surface area contributed by atoms with Crippen LogP contribution in [0.3, 0.4) is 0 Å². The molecule has 0 bridgehead atoms. The van der Waals surface area contributed by atoms with Gasteiger partial charge in [0.15, 0.2) is 5.13 Å². The fourth-order valence-corrected chi connectivity index (χ4v) is 8.87. The molecule has 0 unspecified atom stereocenters. The van der Waals surface area contributed by atoms with Gasteiger partial charge in [-0.1, -0.05) is 38.8 Å². The molecule has 4 aliphatic rings. The maximum atomic E-state index is 12.1. The van der Waals surface area contributed by atoms with Crippen LogP contribution in [0.4, 0.5) is 5.13 Å². The molecule has 0 aromatic carbocycles. The van der Waals surface area contributed by atoms with Crippen molar-refractivity contribution in [2.45, 2.75) is 96.7 Å². The lowest BCUT2D eigenvalue weighted by Gasteiger charge is -2.59. The van der Waals surface area contributed by atoms with E-state index in [-0.39, 0.29) is 16.9 Å². The van der Waals surface area contributed by atoms with E-state index in [0.29, 0.717) is 17.8 Å². The van der Waals surface area contributed by atoms with Gasteiger partial charge in [0.2, 0.25) is 0 Å². The predicted molar refractivity (Wildman–Crippen MR) is 127 cm³/mol. The van der Waals surface area contributed by atoms with E-state index in [1.165, 1.54) is 24.8 Å². The quantitative estimate of drug-likeness (QED) is 0.393. The van der Waals surface area contributed by atoms with Crippen molar-refractivity contribution >= 4 is 16.5 Å². The number of unbranched alkanes of at least 4 members (excludes halogenated alkanes) is 1. The Labute approximate surface area is 191 Å². The van der Waals surface area contributed by atoms with Crippen LogP contribution < -0.4 is 5.32 Å². The van der Waals surface area contributed by atoms with E-state index in [9.17, 15) is 10.2 Å². The van der Waals surface area contributed by atoms with Crippen LogP contribution in [-0.2, 0) is 5.60 Å². The number of aliphatic hydroxyl groups is 2. The molecule has 5 heteroatoms. The summed E-state index contributed by atoms with van der Waals surface area (Å²) in [6, 6.07) is 0. The van der Waals surface area contributed by atoms with Crippen LogP contribution in [0.15, 0.2) is 17.0 Å². The van der Waals surface area contributed by atoms with Crippen molar-refractivity contribution in [3.63, 3.8) is 0 Å². The number of aliphatic hydroxyl groups excluding tert-OH is 1. The van der Waals surface area contributed by atoms with Gasteiger partial charge in [-0.2, -0.15) is 0 Å². The standard InChI is InChI=1S/C26H40N2O2S/c1-4-5-14-27-23-28-22(16-31-23)26(30)13-10-21-19-7-6-17-15-18(29)8-11-24(17,2)20(19)9-12-25(21,26)3/h15-16,18-21,29-30H,4-14H2,1-3H3,(H,27,28)/t18-,19+,20-,21-,24-,25-,26-/m0/s1. The molecular weight excluding hydrogens is 404 g/mol. The van der Waals surface area contributed by atoms with E-state index in [2.05, 4.69) is 37.5 Å². The molecular formula is C26H40N2O2S. The number of thiazole rings is 1. The highest BCUT2D eigenvalue weighted by Gasteiger charge is 2.65. The van der Waals surface area contributed by atoms with Crippen LogP contribution in [0.25, 0.3) is 0 Å². The molecule has 1 aromatic rings. The van der Waals surface area contributed by atoms with Crippen LogP contribution in [-0.4, -0.2) is 27.8 Å². The maximum Gasteiger partial charge on any atom is 0.182 e. The number of fused-ring (bicyclic) bond motifs is 5. The maximum absolute atomic E-state index is 12.1. The summed E-state index contributed by atoms with van der Waals surface area (Å²) in [7, 11) is 0. The Bertz CT molecular complexity index is 852. The number of hydrogen-bond donors (Lipinski definition) is 3. The highest BCUT2D eigenvalue weighted by Crippen LogP contribution is 2.69. The first-order valence-electron chi connectivity index (χ1n) is 12.6. The van der Waals surface area contributed by atoms with Crippen molar-refractivity contribution < 1.29 is 10.2 Å². The van der Waals surface area contributed by atoms with Gasteiger partial charge in [-0.15, -0.1) is 11.3 Å². The van der Waals surface area contributed by atoms with Crippen molar-refractivity contribution in [2.75, 3.05) is 11.9 Å². The first kappa shape index (κ1) is 21.9. The Kier molecular flexibility index (Phi) is 5.55. The Morgan fingerprint density at radius 2 is 1.94 bits per heavy atom. The number of aromatic nitrogens is 1. The molecule has 4 aliphatic carbocycles. The second-order valence-corrected chi connectivity index (χ2v) is 12.2. The lowest BCUT2D eigenvalue weighted by molar-refractivity contribution is -0.134. The van der Waals surface area contributed by atoms with E-state index >= 15 is 0 Å². The molecule has 3 saturated carbocycles. The number of nitrogens with one attached hydrogen (secondary N) is 1. The smallest absolute Gasteiger partial charge is 0.182 e. The topological polar surface area (TPSA) is 65.4 Å². The number of anilines is 1. The van der Waals surface area contributed by atoms with E-state index in [0.717, 1.165) is 62.3 Å². The van der Waals surface area contributed by atoms with Crippen molar-refractivity contribution in [1.82, 2.24) is 4.98 Å². The average Bonchev–Trinajstić information content (AvgIpc) is 3.32. The Hall–Kier alpha value is -0.910. The second-order valence-electron chi connectivity index (χ2n) is 11.3. The Morgan fingerprint density at radius 1 is 1.13 bits per heavy atom. The summed E-state index contributed by atoms with van der Waals surface area (Å²) in [5.74, 6) is 1.95. The highest BCUT2D eigenvalue weighted by atomic mass is 32.1. The summed E-state index contributed by atoms with van der Waals surface area (Å²) in [5, 5.41) is 28.8. The van der Waals surface area contributed by atoms with Crippen molar-refractivity contribution in [3.05, 3.63) is 22.7 Å². The number of rotatable bonds is 5. The van der Waals surface area contributed by atoms with Crippen LogP contribution >= 0.6 is 11.3 Å². The molecule has 0 spiro atoms. The summed E-state index contributed by atoms with van der Waals surface area (Å²) in [6.07, 6.45) is 12.9. The molecule has 4 nitrogen and oxygen atoms in total. The number of nitrogens with zero attached hydrogens (tertiary/aromatic N) is 1. The summed E-state index contributed by atoms with van der Waals surface area (Å²) >= 11 is 1.65. The van der Waals surface area contributed by atoms with Crippen molar-refractivity contribution in [1.29, 1.82) is 0 Å². The first-order valence-corrected chi connectivity index (χ1v) is 13.5. The van der Waals surface area contributed by atoms with Gasteiger partial charge < -0.3 is 15.5 Å². The zero-order chi connectivity index (χ0) is 21.9. The zero-order valence-corrected chi connectivity index (χ0v) is 20.3. The fraction of sp³-hybridized carbons (Fsp3) is 0.808. The molecule has 0 saturated heterocycles. The minimum Gasteiger partial charge on any atom is -0.389 e. The predicted octanol–water partition coefficient (Wildman–Crippen LogP) is 5.87. The number of hydrogen-bond acceptors (Lipinski definition) is 5. The van der Waals surface area contributed by atoms with Gasteiger partial charge >= 0.3 is 0 Å². The lowest BCUT2D eigenvalue weighted by Crippen LogP contribution is -2.54. The van der Waals surface area contributed by atoms with Gasteiger partial charge in [0.1, 0.15) is 5.60 Å². The summed E-state index contributed by atoms with van der Waals surface area (Å²) in [4.78, 5) is 4.88.